The van der Waals surface area contributed by atoms with E-state index in [1.165, 1.54) is 0 Å². The zero-order valence-electron chi connectivity index (χ0n) is 16.0. The molecule has 1 heterocycles. The summed E-state index contributed by atoms with van der Waals surface area (Å²) in [4.78, 5) is 14.7. The van der Waals surface area contributed by atoms with Crippen molar-refractivity contribution in [3.63, 3.8) is 0 Å². The molecule has 0 fully saturated rings. The third kappa shape index (κ3) is 3.69. The molecule has 2 aromatic carbocycles. The fraction of sp³-hybridized carbons (Fsp3) is 0.286. The summed E-state index contributed by atoms with van der Waals surface area (Å²) in [5.41, 5.74) is 9.38. The van der Waals surface area contributed by atoms with Gasteiger partial charge in [0.15, 0.2) is 17.3 Å². The molecule has 0 unspecified atom stereocenters. The van der Waals surface area contributed by atoms with E-state index in [1.807, 2.05) is 37.2 Å². The van der Waals surface area contributed by atoms with Gasteiger partial charge in [-0.2, -0.15) is 0 Å². The quantitative estimate of drug-likeness (QED) is 0.495. The van der Waals surface area contributed by atoms with Crippen molar-refractivity contribution in [2.75, 3.05) is 45.1 Å². The number of hydrogen-bond donors (Lipinski definition) is 1. The van der Waals surface area contributed by atoms with E-state index in [9.17, 15) is 4.79 Å². The minimum atomic E-state index is -0.0936. The Labute approximate surface area is 159 Å². The second-order valence-corrected chi connectivity index (χ2v) is 6.54. The van der Waals surface area contributed by atoms with Gasteiger partial charge in [-0.05, 0) is 48.9 Å². The van der Waals surface area contributed by atoms with Crippen LogP contribution in [-0.4, -0.2) is 40.2 Å². The van der Waals surface area contributed by atoms with Crippen LogP contribution >= 0.6 is 0 Å². The lowest BCUT2D eigenvalue weighted by atomic mass is 10.0. The molecule has 0 aliphatic carbocycles. The van der Waals surface area contributed by atoms with Crippen molar-refractivity contribution in [3.8, 4) is 17.2 Å². The van der Waals surface area contributed by atoms with Crippen LogP contribution in [0.2, 0.25) is 0 Å². The monoisotopic (exact) mass is 368 g/mol. The Bertz CT molecular complexity index is 903. The Morgan fingerprint density at radius 2 is 1.93 bits per heavy atom. The fourth-order valence-electron chi connectivity index (χ4n) is 3.06. The molecule has 1 aliphatic heterocycles. The number of rotatable bonds is 5. The van der Waals surface area contributed by atoms with Gasteiger partial charge in [-0.15, -0.1) is 0 Å². The topological polar surface area (TPSA) is 74.0 Å². The molecule has 6 nitrogen and oxygen atoms in total. The van der Waals surface area contributed by atoms with Crippen LogP contribution < -0.4 is 24.8 Å². The molecular formula is C21H24N2O4. The number of carbonyl (C=O) groups is 1. The van der Waals surface area contributed by atoms with Crippen LogP contribution in [0.5, 0.6) is 17.2 Å². The van der Waals surface area contributed by atoms with Gasteiger partial charge in [-0.25, -0.2) is 0 Å². The second-order valence-electron chi connectivity index (χ2n) is 6.54. The van der Waals surface area contributed by atoms with Crippen LogP contribution in [-0.2, 0) is 0 Å². The molecule has 2 aromatic rings. The number of fused-ring (bicyclic) bond motifs is 1. The highest BCUT2D eigenvalue weighted by Gasteiger charge is 2.20. The smallest absolute Gasteiger partial charge is 0.204 e. The Balaban J connectivity index is 1.93. The standard InChI is InChI=1S/C21H24N2O4/c1-13(19(24)14-5-7-17(23(2)3)16(22)12-14)11-15-6-8-18-21(20(15)25-4)27-10-9-26-18/h5-8,11-12H,9-10,22H2,1-4H3/b13-11+. The molecule has 6 heteroatoms. The number of benzene rings is 2. The normalized spacial score (nSPS) is 13.3. The fourth-order valence-corrected chi connectivity index (χ4v) is 3.06. The lowest BCUT2D eigenvalue weighted by Gasteiger charge is -2.21. The van der Waals surface area contributed by atoms with Crippen LogP contribution in [0.3, 0.4) is 0 Å². The van der Waals surface area contributed by atoms with Gasteiger partial charge in [-0.1, -0.05) is 0 Å². The van der Waals surface area contributed by atoms with Crippen molar-refractivity contribution in [1.29, 1.82) is 0 Å². The van der Waals surface area contributed by atoms with E-state index in [2.05, 4.69) is 0 Å². The van der Waals surface area contributed by atoms with Crippen LogP contribution in [0.15, 0.2) is 35.9 Å². The first-order chi connectivity index (χ1) is 12.9. The molecule has 0 amide bonds. The van der Waals surface area contributed by atoms with E-state index in [4.69, 9.17) is 19.9 Å². The summed E-state index contributed by atoms with van der Waals surface area (Å²) in [5.74, 6) is 1.68. The van der Waals surface area contributed by atoms with Gasteiger partial charge in [0.1, 0.15) is 13.2 Å². The van der Waals surface area contributed by atoms with E-state index in [1.54, 1.807) is 32.2 Å². The highest BCUT2D eigenvalue weighted by molar-refractivity contribution is 6.11. The predicted molar refractivity (Wildman–Crippen MR) is 107 cm³/mol. The zero-order valence-corrected chi connectivity index (χ0v) is 16.0. The third-order valence-corrected chi connectivity index (χ3v) is 4.40. The average Bonchev–Trinajstić information content (AvgIpc) is 2.66. The lowest BCUT2D eigenvalue weighted by Crippen LogP contribution is -2.16. The van der Waals surface area contributed by atoms with Crippen LogP contribution in [0.4, 0.5) is 11.4 Å². The second kappa shape index (κ2) is 7.61. The Hall–Kier alpha value is -3.15. The third-order valence-electron chi connectivity index (χ3n) is 4.40. The maximum Gasteiger partial charge on any atom is 0.204 e. The van der Waals surface area contributed by atoms with E-state index < -0.39 is 0 Å². The van der Waals surface area contributed by atoms with Crippen molar-refractivity contribution in [2.24, 2.45) is 0 Å². The molecule has 0 saturated heterocycles. The summed E-state index contributed by atoms with van der Waals surface area (Å²) in [6.45, 7) is 2.74. The summed E-state index contributed by atoms with van der Waals surface area (Å²) in [5, 5.41) is 0. The zero-order chi connectivity index (χ0) is 19.6. The molecule has 2 N–H and O–H groups in total. The Morgan fingerprint density at radius 1 is 1.19 bits per heavy atom. The Morgan fingerprint density at radius 3 is 2.59 bits per heavy atom. The van der Waals surface area contributed by atoms with Crippen molar-refractivity contribution in [3.05, 3.63) is 47.0 Å². The van der Waals surface area contributed by atoms with E-state index in [-0.39, 0.29) is 5.78 Å². The van der Waals surface area contributed by atoms with Gasteiger partial charge in [0.2, 0.25) is 5.75 Å². The van der Waals surface area contributed by atoms with E-state index >= 15 is 0 Å². The number of ether oxygens (including phenoxy) is 3. The molecule has 0 aromatic heterocycles. The number of anilines is 2. The van der Waals surface area contributed by atoms with Crippen LogP contribution in [0, 0.1) is 0 Å². The van der Waals surface area contributed by atoms with Crippen LogP contribution in [0.1, 0.15) is 22.8 Å². The van der Waals surface area contributed by atoms with Crippen molar-refractivity contribution in [1.82, 2.24) is 0 Å². The molecule has 0 radical (unpaired) electrons. The first kappa shape index (κ1) is 18.6. The molecule has 0 bridgehead atoms. The summed E-state index contributed by atoms with van der Waals surface area (Å²) < 4.78 is 16.8. The molecule has 1 aliphatic rings. The largest absolute Gasteiger partial charge is 0.492 e. The predicted octanol–water partition coefficient (Wildman–Crippen LogP) is 3.40. The summed E-state index contributed by atoms with van der Waals surface area (Å²) >= 11 is 0. The van der Waals surface area contributed by atoms with Crippen molar-refractivity contribution >= 4 is 23.2 Å². The van der Waals surface area contributed by atoms with E-state index in [0.717, 1.165) is 11.3 Å². The Kier molecular flexibility index (Phi) is 5.26. The first-order valence-corrected chi connectivity index (χ1v) is 8.68. The summed E-state index contributed by atoms with van der Waals surface area (Å²) in [7, 11) is 5.39. The van der Waals surface area contributed by atoms with E-state index in [0.29, 0.717) is 47.3 Å². The highest BCUT2D eigenvalue weighted by atomic mass is 16.6. The number of nitrogens with zero attached hydrogens (tertiary/aromatic N) is 1. The summed E-state index contributed by atoms with van der Waals surface area (Å²) in [6.07, 6.45) is 1.79. The maximum atomic E-state index is 12.8. The summed E-state index contributed by atoms with van der Waals surface area (Å²) in [6, 6.07) is 9.01. The first-order valence-electron chi connectivity index (χ1n) is 8.68. The minimum absolute atomic E-state index is 0.0936. The number of methoxy groups -OCH3 is 1. The van der Waals surface area contributed by atoms with Gasteiger partial charge >= 0.3 is 0 Å². The number of carbonyl (C=O) groups excluding carboxylic acids is 1. The number of allylic oxidation sites excluding steroid dienone is 1. The van der Waals surface area contributed by atoms with Crippen LogP contribution in [0.25, 0.3) is 6.08 Å². The molecular weight excluding hydrogens is 344 g/mol. The molecule has 0 saturated carbocycles. The number of hydrogen-bond acceptors (Lipinski definition) is 6. The number of nitrogens with two attached hydrogens (primary N) is 1. The maximum absolute atomic E-state index is 12.8. The van der Waals surface area contributed by atoms with Gasteiger partial charge in [-0.3, -0.25) is 4.79 Å². The van der Waals surface area contributed by atoms with Gasteiger partial charge in [0.05, 0.1) is 18.5 Å². The number of ketones is 1. The van der Waals surface area contributed by atoms with Gasteiger partial charge in [0.25, 0.3) is 0 Å². The number of Topliss-reactive ketones (excluding diaryl/α,β-unsaturated/α-hetero) is 1. The molecule has 0 spiro atoms. The molecule has 142 valence electrons. The highest BCUT2D eigenvalue weighted by Crippen LogP contribution is 2.42. The number of nitrogen functional groups attached to an aromatic ring is 1. The minimum Gasteiger partial charge on any atom is -0.492 e. The molecule has 27 heavy (non-hydrogen) atoms. The van der Waals surface area contributed by atoms with Crippen molar-refractivity contribution < 1.29 is 19.0 Å². The SMILES string of the molecule is COc1c(/C=C(\C)C(=O)c2ccc(N(C)C)c(N)c2)ccc2c1OCCO2. The van der Waals surface area contributed by atoms with Gasteiger partial charge < -0.3 is 24.8 Å². The average molecular weight is 368 g/mol. The molecule has 3 rings (SSSR count). The van der Waals surface area contributed by atoms with Gasteiger partial charge in [0, 0.05) is 25.2 Å². The van der Waals surface area contributed by atoms with Crippen molar-refractivity contribution in [2.45, 2.75) is 6.92 Å². The molecule has 0 atom stereocenters. The lowest BCUT2D eigenvalue weighted by molar-refractivity contribution is 0.103.